The second kappa shape index (κ2) is 6.52. The first-order valence-corrected chi connectivity index (χ1v) is 9.75. The van der Waals surface area contributed by atoms with Crippen LogP contribution in [0.15, 0.2) is 53.5 Å². The Morgan fingerprint density at radius 2 is 1.83 bits per heavy atom. The Balaban J connectivity index is 1.64. The zero-order valence-corrected chi connectivity index (χ0v) is 14.8. The van der Waals surface area contributed by atoms with Gasteiger partial charge in [-0.1, -0.05) is 36.4 Å². The van der Waals surface area contributed by atoms with Crippen molar-refractivity contribution in [2.45, 2.75) is 31.8 Å². The summed E-state index contributed by atoms with van der Waals surface area (Å²) in [6.07, 6.45) is 2.23. The van der Waals surface area contributed by atoms with Crippen LogP contribution in [0.25, 0.3) is 0 Å². The van der Waals surface area contributed by atoms with E-state index in [1.165, 1.54) is 22.6 Å². The number of nitrogens with one attached hydrogen (secondary N) is 2. The number of nitrogens with zero attached hydrogens (tertiary/aromatic N) is 1. The molecular formula is C20H23N3S. The summed E-state index contributed by atoms with van der Waals surface area (Å²) in [7, 11) is 0. The van der Waals surface area contributed by atoms with Crippen LogP contribution >= 0.6 is 11.8 Å². The second-order valence-corrected chi connectivity index (χ2v) is 7.80. The molecule has 2 aromatic rings. The summed E-state index contributed by atoms with van der Waals surface area (Å²) >= 11 is 2.04. The van der Waals surface area contributed by atoms with Crippen molar-refractivity contribution in [3.05, 3.63) is 59.7 Å². The molecule has 4 heteroatoms. The molecule has 0 atom stereocenters. The van der Waals surface area contributed by atoms with Crippen LogP contribution in [0.1, 0.15) is 24.0 Å². The number of fused-ring (bicyclic) bond motifs is 1. The average molecular weight is 337 g/mol. The third kappa shape index (κ3) is 2.91. The molecule has 0 bridgehead atoms. The van der Waals surface area contributed by atoms with E-state index in [0.29, 0.717) is 0 Å². The Kier molecular flexibility index (Phi) is 4.23. The van der Waals surface area contributed by atoms with Crippen LogP contribution in [0.5, 0.6) is 0 Å². The molecule has 0 aliphatic carbocycles. The lowest BCUT2D eigenvalue weighted by molar-refractivity contribution is 0.543. The number of hydrogen-bond acceptors (Lipinski definition) is 4. The third-order valence-electron chi connectivity index (χ3n) is 5.02. The Hall–Kier alpha value is -1.94. The molecule has 1 spiro atoms. The van der Waals surface area contributed by atoms with E-state index in [-0.39, 0.29) is 5.54 Å². The Bertz CT molecular complexity index is 763. The molecule has 0 aromatic heterocycles. The predicted molar refractivity (Wildman–Crippen MR) is 104 cm³/mol. The van der Waals surface area contributed by atoms with Crippen molar-refractivity contribution >= 4 is 29.0 Å². The van der Waals surface area contributed by atoms with Gasteiger partial charge >= 0.3 is 0 Å². The third-order valence-corrected chi connectivity index (χ3v) is 6.00. The fourth-order valence-corrected chi connectivity index (χ4v) is 4.69. The van der Waals surface area contributed by atoms with Gasteiger partial charge in [0.05, 0.1) is 16.9 Å². The first kappa shape index (κ1) is 15.6. The van der Waals surface area contributed by atoms with E-state index in [1.807, 2.05) is 11.8 Å². The first-order chi connectivity index (χ1) is 11.8. The van der Waals surface area contributed by atoms with Gasteiger partial charge in [-0.05, 0) is 54.5 Å². The summed E-state index contributed by atoms with van der Waals surface area (Å²) in [6, 6.07) is 16.9. The molecule has 4 rings (SSSR count). The Morgan fingerprint density at radius 3 is 2.67 bits per heavy atom. The van der Waals surface area contributed by atoms with Crippen molar-refractivity contribution in [2.24, 2.45) is 4.99 Å². The standard InChI is InChI=1S/C20H23N3S/c1-15-6-2-3-7-16(15)14-21-19-20(10-12-24-13-11-20)23-18-9-5-4-8-17(18)22-19/h2-9,23H,10-14H2,1H3,(H,21,22). The molecule has 2 heterocycles. The maximum Gasteiger partial charge on any atom is 0.128 e. The minimum atomic E-state index is -0.0394. The van der Waals surface area contributed by atoms with E-state index < -0.39 is 0 Å². The van der Waals surface area contributed by atoms with Crippen LogP contribution in [0, 0.1) is 6.92 Å². The van der Waals surface area contributed by atoms with Crippen molar-refractivity contribution in [3.63, 3.8) is 0 Å². The highest BCUT2D eigenvalue weighted by Crippen LogP contribution is 2.39. The quantitative estimate of drug-likeness (QED) is 0.847. The predicted octanol–water partition coefficient (Wildman–Crippen LogP) is 4.51. The molecule has 24 heavy (non-hydrogen) atoms. The van der Waals surface area contributed by atoms with Gasteiger partial charge in [0, 0.05) is 6.54 Å². The van der Waals surface area contributed by atoms with Crippen LogP contribution in [0.3, 0.4) is 0 Å². The molecular weight excluding hydrogens is 314 g/mol. The van der Waals surface area contributed by atoms with Crippen molar-refractivity contribution in [2.75, 3.05) is 16.8 Å². The molecule has 2 aliphatic heterocycles. The molecule has 0 unspecified atom stereocenters. The fourth-order valence-electron chi connectivity index (χ4n) is 3.50. The van der Waals surface area contributed by atoms with Crippen LogP contribution in [-0.2, 0) is 6.54 Å². The summed E-state index contributed by atoms with van der Waals surface area (Å²) in [5.74, 6) is 3.46. The number of rotatable bonds is 2. The van der Waals surface area contributed by atoms with Gasteiger partial charge in [0.2, 0.25) is 0 Å². The monoisotopic (exact) mass is 337 g/mol. The van der Waals surface area contributed by atoms with E-state index in [4.69, 9.17) is 4.99 Å². The molecule has 2 N–H and O–H groups in total. The van der Waals surface area contributed by atoms with Gasteiger partial charge in [0.1, 0.15) is 5.84 Å². The highest BCUT2D eigenvalue weighted by Gasteiger charge is 2.40. The smallest absolute Gasteiger partial charge is 0.128 e. The van der Waals surface area contributed by atoms with Gasteiger partial charge in [-0.2, -0.15) is 11.8 Å². The lowest BCUT2D eigenvalue weighted by Crippen LogP contribution is -2.55. The van der Waals surface area contributed by atoms with E-state index >= 15 is 0 Å². The molecule has 1 fully saturated rings. The molecule has 2 aliphatic rings. The number of benzene rings is 2. The number of hydrogen-bond donors (Lipinski definition) is 2. The average Bonchev–Trinajstić information content (AvgIpc) is 2.62. The largest absolute Gasteiger partial charge is 0.371 e. The van der Waals surface area contributed by atoms with Crippen molar-refractivity contribution < 1.29 is 0 Å². The lowest BCUT2D eigenvalue weighted by atomic mass is 9.88. The molecule has 0 saturated carbocycles. The number of anilines is 1. The SMILES string of the molecule is Cc1ccccc1CNC1=Nc2ccccc2NC12CCSCC2. The van der Waals surface area contributed by atoms with Gasteiger partial charge in [-0.25, -0.2) is 4.99 Å². The lowest BCUT2D eigenvalue weighted by Gasteiger charge is -2.42. The number of amidine groups is 1. The van der Waals surface area contributed by atoms with Crippen LogP contribution in [0.2, 0.25) is 0 Å². The zero-order chi connectivity index (χ0) is 16.4. The Labute approximate surface area is 148 Å². The summed E-state index contributed by atoms with van der Waals surface area (Å²) in [6.45, 7) is 2.99. The number of aliphatic imine (C=N–C) groups is 1. The minimum Gasteiger partial charge on any atom is -0.371 e. The second-order valence-electron chi connectivity index (χ2n) is 6.58. The topological polar surface area (TPSA) is 36.4 Å². The van der Waals surface area contributed by atoms with E-state index in [9.17, 15) is 0 Å². The molecule has 0 radical (unpaired) electrons. The van der Waals surface area contributed by atoms with E-state index in [1.54, 1.807) is 0 Å². The minimum absolute atomic E-state index is 0.0394. The maximum atomic E-state index is 5.00. The number of thioether (sulfide) groups is 1. The van der Waals surface area contributed by atoms with Crippen molar-refractivity contribution in [1.82, 2.24) is 5.32 Å². The van der Waals surface area contributed by atoms with Gasteiger partial charge in [-0.15, -0.1) is 0 Å². The summed E-state index contributed by atoms with van der Waals surface area (Å²) < 4.78 is 0. The summed E-state index contributed by atoms with van der Waals surface area (Å²) in [4.78, 5) is 5.00. The van der Waals surface area contributed by atoms with E-state index in [0.717, 1.165) is 36.6 Å². The van der Waals surface area contributed by atoms with Crippen LogP contribution in [-0.4, -0.2) is 22.9 Å². The van der Waals surface area contributed by atoms with Gasteiger partial charge in [0.15, 0.2) is 0 Å². The summed E-state index contributed by atoms with van der Waals surface area (Å²) in [5, 5.41) is 7.47. The molecule has 3 nitrogen and oxygen atoms in total. The number of para-hydroxylation sites is 2. The highest BCUT2D eigenvalue weighted by atomic mass is 32.2. The molecule has 124 valence electrons. The van der Waals surface area contributed by atoms with Gasteiger partial charge in [0.25, 0.3) is 0 Å². The normalized spacial score (nSPS) is 18.5. The first-order valence-electron chi connectivity index (χ1n) is 8.59. The zero-order valence-electron chi connectivity index (χ0n) is 14.0. The molecule has 2 aromatic carbocycles. The molecule has 0 amide bonds. The van der Waals surface area contributed by atoms with Gasteiger partial charge in [-0.3, -0.25) is 0 Å². The van der Waals surface area contributed by atoms with Crippen molar-refractivity contribution in [3.8, 4) is 0 Å². The van der Waals surface area contributed by atoms with E-state index in [2.05, 4.69) is 66.1 Å². The van der Waals surface area contributed by atoms with Crippen LogP contribution < -0.4 is 10.6 Å². The maximum absolute atomic E-state index is 5.00. The molecule has 1 saturated heterocycles. The number of aryl methyl sites for hydroxylation is 1. The fraction of sp³-hybridized carbons (Fsp3) is 0.350. The van der Waals surface area contributed by atoms with Crippen LogP contribution in [0.4, 0.5) is 11.4 Å². The van der Waals surface area contributed by atoms with Crippen molar-refractivity contribution in [1.29, 1.82) is 0 Å². The highest BCUT2D eigenvalue weighted by molar-refractivity contribution is 7.99. The Morgan fingerprint density at radius 1 is 1.08 bits per heavy atom. The summed E-state index contributed by atoms with van der Waals surface area (Å²) in [5.41, 5.74) is 4.81. The van der Waals surface area contributed by atoms with Gasteiger partial charge < -0.3 is 10.6 Å².